The van der Waals surface area contributed by atoms with E-state index in [-0.39, 0.29) is 5.91 Å². The largest absolute Gasteiger partial charge is 0.322 e. The molecule has 4 aromatic rings. The first-order chi connectivity index (χ1) is 13.5. The van der Waals surface area contributed by atoms with Crippen molar-refractivity contribution in [3.8, 4) is 16.8 Å². The van der Waals surface area contributed by atoms with Crippen molar-refractivity contribution < 1.29 is 4.79 Å². The van der Waals surface area contributed by atoms with Crippen LogP contribution in [0.15, 0.2) is 72.4 Å². The van der Waals surface area contributed by atoms with Gasteiger partial charge >= 0.3 is 0 Å². The lowest BCUT2D eigenvalue weighted by molar-refractivity contribution is 0.103. The number of nitrogens with zero attached hydrogens (tertiary/aromatic N) is 1. The Morgan fingerprint density at radius 1 is 0.929 bits per heavy atom. The van der Waals surface area contributed by atoms with Gasteiger partial charge in [-0.2, -0.15) is 0 Å². The first-order valence-electron chi connectivity index (χ1n) is 9.23. The van der Waals surface area contributed by atoms with Gasteiger partial charge in [-0.3, -0.25) is 4.79 Å². The summed E-state index contributed by atoms with van der Waals surface area (Å²) in [6, 6.07) is 18.3. The normalized spacial score (nSPS) is 10.8. The van der Waals surface area contributed by atoms with Crippen LogP contribution in [0.25, 0.3) is 16.8 Å². The molecule has 1 amide bonds. The van der Waals surface area contributed by atoms with Crippen molar-refractivity contribution in [2.45, 2.75) is 20.8 Å². The second-order valence-electron chi connectivity index (χ2n) is 7.04. The number of thiophene rings is 1. The molecule has 4 heteroatoms. The molecule has 0 radical (unpaired) electrons. The number of carbonyl (C=O) groups is 1. The zero-order valence-electron chi connectivity index (χ0n) is 16.2. The summed E-state index contributed by atoms with van der Waals surface area (Å²) in [6.07, 6.45) is 3.96. The topological polar surface area (TPSA) is 34.0 Å². The van der Waals surface area contributed by atoms with E-state index in [9.17, 15) is 4.79 Å². The van der Waals surface area contributed by atoms with Crippen molar-refractivity contribution in [3.05, 3.63) is 93.9 Å². The fourth-order valence-electron chi connectivity index (χ4n) is 3.28. The molecule has 0 aliphatic heterocycles. The predicted molar refractivity (Wildman–Crippen MR) is 118 cm³/mol. The highest BCUT2D eigenvalue weighted by molar-refractivity contribution is 7.13. The molecule has 0 spiro atoms. The zero-order valence-corrected chi connectivity index (χ0v) is 17.0. The second-order valence-corrected chi connectivity index (χ2v) is 7.92. The molecule has 28 heavy (non-hydrogen) atoms. The zero-order chi connectivity index (χ0) is 19.7. The Morgan fingerprint density at radius 2 is 1.71 bits per heavy atom. The molecule has 0 bridgehead atoms. The third kappa shape index (κ3) is 3.51. The molecule has 140 valence electrons. The van der Waals surface area contributed by atoms with Crippen LogP contribution in [0, 0.1) is 20.8 Å². The van der Waals surface area contributed by atoms with E-state index in [0.29, 0.717) is 4.88 Å². The monoisotopic (exact) mass is 386 g/mol. The molecule has 0 aliphatic carbocycles. The van der Waals surface area contributed by atoms with Crippen molar-refractivity contribution in [3.63, 3.8) is 0 Å². The number of nitrogens with one attached hydrogen (secondary N) is 1. The number of anilines is 1. The second kappa shape index (κ2) is 7.49. The van der Waals surface area contributed by atoms with Gasteiger partial charge in [0, 0.05) is 29.0 Å². The third-order valence-corrected chi connectivity index (χ3v) is 5.90. The SMILES string of the molecule is Cc1cccc(-c2csc(C(=O)Nc3ccc(C)c(C)c3)c2-n2cccc2)c1. The minimum absolute atomic E-state index is 0.0872. The number of aromatic nitrogens is 1. The van der Waals surface area contributed by atoms with Crippen LogP contribution in [0.1, 0.15) is 26.4 Å². The number of benzene rings is 2. The molecule has 2 aromatic heterocycles. The van der Waals surface area contributed by atoms with Gasteiger partial charge in [-0.15, -0.1) is 11.3 Å². The van der Waals surface area contributed by atoms with Crippen LogP contribution in [0.3, 0.4) is 0 Å². The summed E-state index contributed by atoms with van der Waals surface area (Å²) in [6.45, 7) is 6.20. The van der Waals surface area contributed by atoms with E-state index >= 15 is 0 Å². The summed E-state index contributed by atoms with van der Waals surface area (Å²) in [5.41, 5.74) is 7.49. The van der Waals surface area contributed by atoms with Gasteiger partial charge in [0.1, 0.15) is 4.88 Å². The first kappa shape index (κ1) is 18.3. The summed E-state index contributed by atoms with van der Waals surface area (Å²) in [5, 5.41) is 5.13. The van der Waals surface area contributed by atoms with Crippen molar-refractivity contribution >= 4 is 22.9 Å². The first-order valence-corrected chi connectivity index (χ1v) is 10.1. The van der Waals surface area contributed by atoms with Crippen LogP contribution < -0.4 is 5.32 Å². The Labute approximate surface area is 169 Å². The number of amides is 1. The Hall–Kier alpha value is -3.11. The van der Waals surface area contributed by atoms with Crippen LogP contribution in [0.5, 0.6) is 0 Å². The van der Waals surface area contributed by atoms with Gasteiger partial charge in [-0.05, 0) is 61.7 Å². The number of rotatable bonds is 4. The molecule has 2 heterocycles. The lowest BCUT2D eigenvalue weighted by atomic mass is 10.0. The van der Waals surface area contributed by atoms with E-state index in [1.165, 1.54) is 22.5 Å². The van der Waals surface area contributed by atoms with Gasteiger partial charge in [-0.1, -0.05) is 35.9 Å². The van der Waals surface area contributed by atoms with Gasteiger partial charge in [-0.25, -0.2) is 0 Å². The average molecular weight is 387 g/mol. The molecule has 0 aliphatic rings. The van der Waals surface area contributed by atoms with E-state index in [2.05, 4.69) is 55.7 Å². The average Bonchev–Trinajstić information content (AvgIpc) is 3.33. The number of aryl methyl sites for hydroxylation is 3. The highest BCUT2D eigenvalue weighted by Crippen LogP contribution is 2.35. The summed E-state index contributed by atoms with van der Waals surface area (Å²) < 4.78 is 2.02. The fourth-order valence-corrected chi connectivity index (χ4v) is 4.25. The molecule has 0 fully saturated rings. The smallest absolute Gasteiger partial charge is 0.267 e. The Balaban J connectivity index is 1.76. The van der Waals surface area contributed by atoms with Gasteiger partial charge in [0.15, 0.2) is 0 Å². The Morgan fingerprint density at radius 3 is 2.43 bits per heavy atom. The molecule has 0 unspecified atom stereocenters. The molecular formula is C24H22N2OS. The van der Waals surface area contributed by atoms with Crippen LogP contribution >= 0.6 is 11.3 Å². The van der Waals surface area contributed by atoms with Crippen molar-refractivity contribution in [1.82, 2.24) is 4.57 Å². The maximum atomic E-state index is 13.1. The molecule has 2 aromatic carbocycles. The van der Waals surface area contributed by atoms with Gasteiger partial charge in [0.05, 0.1) is 5.69 Å². The fraction of sp³-hybridized carbons (Fsp3) is 0.125. The standard InChI is InChI=1S/C24H22N2OS/c1-16-7-6-8-19(13-16)21-15-28-23(22(21)26-11-4-5-12-26)24(27)25-20-10-9-17(2)18(3)14-20/h4-15H,1-3H3,(H,25,27). The summed E-state index contributed by atoms with van der Waals surface area (Å²) in [5.74, 6) is -0.0872. The highest BCUT2D eigenvalue weighted by atomic mass is 32.1. The molecule has 1 N–H and O–H groups in total. The summed E-state index contributed by atoms with van der Waals surface area (Å²) >= 11 is 1.48. The van der Waals surface area contributed by atoms with Gasteiger partial charge < -0.3 is 9.88 Å². The summed E-state index contributed by atoms with van der Waals surface area (Å²) in [7, 11) is 0. The van der Waals surface area contributed by atoms with Crippen LogP contribution in [0.2, 0.25) is 0 Å². The van der Waals surface area contributed by atoms with Crippen LogP contribution in [-0.4, -0.2) is 10.5 Å². The van der Waals surface area contributed by atoms with E-state index in [1.807, 2.05) is 47.3 Å². The van der Waals surface area contributed by atoms with E-state index in [4.69, 9.17) is 0 Å². The van der Waals surface area contributed by atoms with E-state index < -0.39 is 0 Å². The minimum atomic E-state index is -0.0872. The molecule has 0 saturated carbocycles. The van der Waals surface area contributed by atoms with Crippen molar-refractivity contribution in [1.29, 1.82) is 0 Å². The third-order valence-electron chi connectivity index (χ3n) is 4.93. The Kier molecular flexibility index (Phi) is 4.88. The van der Waals surface area contributed by atoms with Crippen molar-refractivity contribution in [2.24, 2.45) is 0 Å². The molecule has 4 rings (SSSR count). The minimum Gasteiger partial charge on any atom is -0.322 e. The maximum absolute atomic E-state index is 13.1. The highest BCUT2D eigenvalue weighted by Gasteiger charge is 2.20. The molecule has 0 atom stereocenters. The summed E-state index contributed by atoms with van der Waals surface area (Å²) in [4.78, 5) is 13.8. The molecule has 3 nitrogen and oxygen atoms in total. The van der Waals surface area contributed by atoms with Gasteiger partial charge in [0.25, 0.3) is 5.91 Å². The number of hydrogen-bond donors (Lipinski definition) is 1. The number of carbonyl (C=O) groups excluding carboxylic acids is 1. The maximum Gasteiger partial charge on any atom is 0.267 e. The lowest BCUT2D eigenvalue weighted by Gasteiger charge is -2.11. The van der Waals surface area contributed by atoms with E-state index in [0.717, 1.165) is 28.1 Å². The van der Waals surface area contributed by atoms with Crippen molar-refractivity contribution in [2.75, 3.05) is 5.32 Å². The van der Waals surface area contributed by atoms with Crippen LogP contribution in [-0.2, 0) is 0 Å². The molecular weight excluding hydrogens is 364 g/mol. The van der Waals surface area contributed by atoms with Crippen LogP contribution in [0.4, 0.5) is 5.69 Å². The lowest BCUT2D eigenvalue weighted by Crippen LogP contribution is -2.13. The molecule has 0 saturated heterocycles. The van der Waals surface area contributed by atoms with Gasteiger partial charge in [0.2, 0.25) is 0 Å². The Bertz CT molecular complexity index is 1140. The predicted octanol–water partition coefficient (Wildman–Crippen LogP) is 6.38. The number of hydrogen-bond acceptors (Lipinski definition) is 2. The quantitative estimate of drug-likeness (QED) is 0.434. The van der Waals surface area contributed by atoms with E-state index in [1.54, 1.807) is 0 Å².